The Bertz CT molecular complexity index is 990. The Balaban J connectivity index is 2.00. The zero-order valence-corrected chi connectivity index (χ0v) is 12.0. The smallest absolute Gasteiger partial charge is 0.180 e. The zero-order valence-electron chi connectivity index (χ0n) is 12.0. The Morgan fingerprint density at radius 2 is 1.91 bits per heavy atom. The lowest BCUT2D eigenvalue weighted by Crippen LogP contribution is -1.97. The van der Waals surface area contributed by atoms with Crippen LogP contribution in [0, 0.1) is 0 Å². The van der Waals surface area contributed by atoms with Crippen LogP contribution in [-0.2, 0) is 0 Å². The lowest BCUT2D eigenvalue weighted by Gasteiger charge is -2.02. The standard InChI is InChI=1S/C17H14N4O/c1-22-12-6-4-5-11(9-12)14-10-21-15-8-3-2-7-13(15)19-16(18)17(21)20-14/h2-10H,1H3,(H2,18,19). The largest absolute Gasteiger partial charge is 0.497 e. The predicted octanol–water partition coefficient (Wildman–Crippen LogP) is 3.14. The van der Waals surface area contributed by atoms with Crippen LogP contribution in [0.1, 0.15) is 0 Å². The number of imidazole rings is 1. The first-order valence-electron chi connectivity index (χ1n) is 6.94. The minimum Gasteiger partial charge on any atom is -0.497 e. The van der Waals surface area contributed by atoms with Gasteiger partial charge in [0.25, 0.3) is 0 Å². The second kappa shape index (κ2) is 4.73. The zero-order chi connectivity index (χ0) is 15.1. The molecule has 0 amide bonds. The molecule has 5 nitrogen and oxygen atoms in total. The van der Waals surface area contributed by atoms with E-state index >= 15 is 0 Å². The first-order chi connectivity index (χ1) is 10.8. The number of nitrogens with zero attached hydrogens (tertiary/aromatic N) is 3. The number of methoxy groups -OCH3 is 1. The van der Waals surface area contributed by atoms with Gasteiger partial charge in [0, 0.05) is 11.8 Å². The van der Waals surface area contributed by atoms with Crippen LogP contribution in [0.15, 0.2) is 54.7 Å². The number of hydrogen-bond acceptors (Lipinski definition) is 4. The van der Waals surface area contributed by atoms with Crippen molar-refractivity contribution in [1.82, 2.24) is 14.4 Å². The number of rotatable bonds is 2. The van der Waals surface area contributed by atoms with Crippen molar-refractivity contribution in [3.63, 3.8) is 0 Å². The number of nitrogens with two attached hydrogens (primary N) is 1. The van der Waals surface area contributed by atoms with E-state index in [1.54, 1.807) is 7.11 Å². The maximum absolute atomic E-state index is 6.05. The van der Waals surface area contributed by atoms with E-state index in [1.165, 1.54) is 0 Å². The fraction of sp³-hybridized carbons (Fsp3) is 0.0588. The van der Waals surface area contributed by atoms with E-state index < -0.39 is 0 Å². The Morgan fingerprint density at radius 3 is 2.77 bits per heavy atom. The number of hydrogen-bond donors (Lipinski definition) is 1. The number of nitrogen functional groups attached to an aromatic ring is 1. The van der Waals surface area contributed by atoms with E-state index in [-0.39, 0.29) is 0 Å². The van der Waals surface area contributed by atoms with Crippen LogP contribution in [0.5, 0.6) is 5.75 Å². The molecule has 2 aromatic carbocycles. The molecule has 0 atom stereocenters. The minimum absolute atomic E-state index is 0.424. The second-order valence-electron chi connectivity index (χ2n) is 5.04. The lowest BCUT2D eigenvalue weighted by molar-refractivity contribution is 0.415. The third-order valence-corrected chi connectivity index (χ3v) is 3.68. The summed E-state index contributed by atoms with van der Waals surface area (Å²) in [5, 5.41) is 0. The van der Waals surface area contributed by atoms with Crippen molar-refractivity contribution in [3.8, 4) is 17.0 Å². The monoisotopic (exact) mass is 290 g/mol. The van der Waals surface area contributed by atoms with Crippen molar-refractivity contribution in [2.45, 2.75) is 0 Å². The van der Waals surface area contributed by atoms with E-state index in [0.29, 0.717) is 11.5 Å². The Kier molecular flexibility index (Phi) is 2.72. The third kappa shape index (κ3) is 1.87. The third-order valence-electron chi connectivity index (χ3n) is 3.68. The maximum atomic E-state index is 6.05. The lowest BCUT2D eigenvalue weighted by atomic mass is 10.1. The molecule has 0 saturated heterocycles. The highest BCUT2D eigenvalue weighted by Crippen LogP contribution is 2.26. The topological polar surface area (TPSA) is 65.4 Å². The highest BCUT2D eigenvalue weighted by molar-refractivity contribution is 5.83. The normalized spacial score (nSPS) is 11.1. The van der Waals surface area contributed by atoms with Gasteiger partial charge in [-0.2, -0.15) is 0 Å². The minimum atomic E-state index is 0.424. The highest BCUT2D eigenvalue weighted by atomic mass is 16.5. The van der Waals surface area contributed by atoms with Crippen molar-refractivity contribution in [3.05, 3.63) is 54.7 Å². The predicted molar refractivity (Wildman–Crippen MR) is 86.9 cm³/mol. The summed E-state index contributed by atoms with van der Waals surface area (Å²) >= 11 is 0. The molecule has 0 radical (unpaired) electrons. The summed E-state index contributed by atoms with van der Waals surface area (Å²) in [6.07, 6.45) is 1.98. The average Bonchev–Trinajstić information content (AvgIpc) is 3.01. The Morgan fingerprint density at radius 1 is 1.05 bits per heavy atom. The molecule has 2 aromatic heterocycles. The van der Waals surface area contributed by atoms with Crippen LogP contribution in [0.2, 0.25) is 0 Å². The molecule has 0 aliphatic rings. The number of fused-ring (bicyclic) bond motifs is 3. The van der Waals surface area contributed by atoms with Gasteiger partial charge in [-0.25, -0.2) is 9.97 Å². The number of anilines is 1. The summed E-state index contributed by atoms with van der Waals surface area (Å²) in [6, 6.07) is 15.7. The molecule has 0 unspecified atom stereocenters. The molecule has 0 saturated carbocycles. The van der Waals surface area contributed by atoms with Crippen molar-refractivity contribution in [2.75, 3.05) is 12.8 Å². The molecular weight excluding hydrogens is 276 g/mol. The van der Waals surface area contributed by atoms with Gasteiger partial charge in [0.2, 0.25) is 0 Å². The highest BCUT2D eigenvalue weighted by Gasteiger charge is 2.11. The summed E-state index contributed by atoms with van der Waals surface area (Å²) < 4.78 is 7.25. The Hall–Kier alpha value is -3.08. The van der Waals surface area contributed by atoms with Gasteiger partial charge in [-0.3, -0.25) is 4.40 Å². The van der Waals surface area contributed by atoms with Gasteiger partial charge in [-0.05, 0) is 24.3 Å². The molecule has 0 spiro atoms. The van der Waals surface area contributed by atoms with Gasteiger partial charge in [0.15, 0.2) is 11.5 Å². The van der Waals surface area contributed by atoms with Crippen LogP contribution < -0.4 is 10.5 Å². The van der Waals surface area contributed by atoms with Gasteiger partial charge in [-0.1, -0.05) is 24.3 Å². The van der Waals surface area contributed by atoms with Gasteiger partial charge in [-0.15, -0.1) is 0 Å². The first-order valence-corrected chi connectivity index (χ1v) is 6.94. The molecule has 2 N–H and O–H groups in total. The number of ether oxygens (including phenoxy) is 1. The van der Waals surface area contributed by atoms with Crippen LogP contribution in [-0.4, -0.2) is 21.5 Å². The van der Waals surface area contributed by atoms with Crippen LogP contribution >= 0.6 is 0 Å². The van der Waals surface area contributed by atoms with Gasteiger partial charge >= 0.3 is 0 Å². The van der Waals surface area contributed by atoms with E-state index in [0.717, 1.165) is 28.0 Å². The molecule has 5 heteroatoms. The van der Waals surface area contributed by atoms with Crippen molar-refractivity contribution in [2.24, 2.45) is 0 Å². The second-order valence-corrected chi connectivity index (χ2v) is 5.04. The summed E-state index contributed by atoms with van der Waals surface area (Å²) in [7, 11) is 1.65. The van der Waals surface area contributed by atoms with E-state index in [4.69, 9.17) is 10.5 Å². The average molecular weight is 290 g/mol. The Labute approximate surface area is 127 Å². The molecule has 4 rings (SSSR count). The SMILES string of the molecule is COc1cccc(-c2cn3c(n2)c(N)nc2ccccc23)c1. The van der Waals surface area contributed by atoms with Crippen LogP contribution in [0.4, 0.5) is 5.82 Å². The summed E-state index contributed by atoms with van der Waals surface area (Å²) in [6.45, 7) is 0. The first kappa shape index (κ1) is 12.6. The molecular formula is C17H14N4O. The van der Waals surface area contributed by atoms with Gasteiger partial charge in [0.05, 0.1) is 23.8 Å². The summed E-state index contributed by atoms with van der Waals surface area (Å²) in [4.78, 5) is 9.04. The molecule has 0 aliphatic carbocycles. The molecule has 4 aromatic rings. The van der Waals surface area contributed by atoms with E-state index in [1.807, 2.05) is 59.1 Å². The molecule has 2 heterocycles. The van der Waals surface area contributed by atoms with Crippen molar-refractivity contribution in [1.29, 1.82) is 0 Å². The summed E-state index contributed by atoms with van der Waals surface area (Å²) in [5.74, 6) is 1.22. The van der Waals surface area contributed by atoms with E-state index in [2.05, 4.69) is 9.97 Å². The van der Waals surface area contributed by atoms with Gasteiger partial charge in [0.1, 0.15) is 5.75 Å². The number of para-hydroxylation sites is 2. The molecule has 0 bridgehead atoms. The molecule has 108 valence electrons. The maximum Gasteiger partial charge on any atom is 0.180 e. The molecule has 0 aliphatic heterocycles. The van der Waals surface area contributed by atoms with Crippen LogP contribution in [0.25, 0.3) is 27.9 Å². The van der Waals surface area contributed by atoms with Crippen molar-refractivity contribution >= 4 is 22.5 Å². The fourth-order valence-corrected chi connectivity index (χ4v) is 2.61. The number of benzene rings is 2. The van der Waals surface area contributed by atoms with Crippen LogP contribution in [0.3, 0.4) is 0 Å². The summed E-state index contributed by atoms with van der Waals surface area (Å²) in [5.41, 5.74) is 10.4. The quantitative estimate of drug-likeness (QED) is 0.616. The fourth-order valence-electron chi connectivity index (χ4n) is 2.61. The van der Waals surface area contributed by atoms with Crippen molar-refractivity contribution < 1.29 is 4.74 Å². The van der Waals surface area contributed by atoms with E-state index in [9.17, 15) is 0 Å². The van der Waals surface area contributed by atoms with Gasteiger partial charge < -0.3 is 10.5 Å². The molecule has 0 fully saturated rings. The molecule has 22 heavy (non-hydrogen) atoms. The number of aromatic nitrogens is 3.